The normalized spacial score (nSPS) is 23.5. The van der Waals surface area contributed by atoms with Crippen LogP contribution in [0.2, 0.25) is 0 Å². The van der Waals surface area contributed by atoms with E-state index in [4.69, 9.17) is 0 Å². The highest BCUT2D eigenvalue weighted by Gasteiger charge is 2.25. The molecule has 0 aliphatic carbocycles. The SMILES string of the molecule is CN(C(=O)CN1CCN(C[C@@H]2CCCCN2C)CC1)c1ccccc1. The number of likely N-dealkylation sites (tertiary alicyclic amines) is 1. The van der Waals surface area contributed by atoms with Gasteiger partial charge in [0.25, 0.3) is 0 Å². The van der Waals surface area contributed by atoms with E-state index in [1.165, 1.54) is 32.4 Å². The van der Waals surface area contributed by atoms with Crippen LogP contribution >= 0.6 is 0 Å². The molecule has 0 bridgehead atoms. The molecule has 3 rings (SSSR count). The number of carbonyl (C=O) groups is 1. The molecule has 1 atom stereocenters. The van der Waals surface area contributed by atoms with Crippen molar-refractivity contribution in [3.05, 3.63) is 30.3 Å². The van der Waals surface area contributed by atoms with E-state index < -0.39 is 0 Å². The van der Waals surface area contributed by atoms with Crippen molar-refractivity contribution in [2.75, 3.05) is 64.8 Å². The highest BCUT2D eigenvalue weighted by atomic mass is 16.2. The number of para-hydroxylation sites is 1. The number of benzene rings is 1. The number of rotatable bonds is 5. The summed E-state index contributed by atoms with van der Waals surface area (Å²) in [7, 11) is 4.13. The zero-order chi connectivity index (χ0) is 17.6. The van der Waals surface area contributed by atoms with Crippen LogP contribution in [0.25, 0.3) is 0 Å². The number of amides is 1. The molecule has 2 saturated heterocycles. The first-order chi connectivity index (χ1) is 12.1. The average molecular weight is 345 g/mol. The van der Waals surface area contributed by atoms with Crippen molar-refractivity contribution in [2.45, 2.75) is 25.3 Å². The van der Waals surface area contributed by atoms with Gasteiger partial charge in [-0.25, -0.2) is 0 Å². The number of anilines is 1. The van der Waals surface area contributed by atoms with Crippen LogP contribution in [0.4, 0.5) is 5.69 Å². The summed E-state index contributed by atoms with van der Waals surface area (Å²) in [5.74, 6) is 0.173. The molecule has 2 heterocycles. The van der Waals surface area contributed by atoms with E-state index in [2.05, 4.69) is 21.7 Å². The van der Waals surface area contributed by atoms with Crippen LogP contribution in [0, 0.1) is 0 Å². The van der Waals surface area contributed by atoms with Crippen LogP contribution in [0.15, 0.2) is 30.3 Å². The monoisotopic (exact) mass is 344 g/mol. The second-order valence-corrected chi connectivity index (χ2v) is 7.50. The van der Waals surface area contributed by atoms with E-state index in [-0.39, 0.29) is 5.91 Å². The molecule has 25 heavy (non-hydrogen) atoms. The number of hydrogen-bond acceptors (Lipinski definition) is 4. The fraction of sp³-hybridized carbons (Fsp3) is 0.650. The summed E-state index contributed by atoms with van der Waals surface area (Å²) >= 11 is 0. The molecular formula is C20H32N4O. The summed E-state index contributed by atoms with van der Waals surface area (Å²) < 4.78 is 0. The molecule has 1 aromatic carbocycles. The molecule has 1 aromatic rings. The molecule has 0 saturated carbocycles. The van der Waals surface area contributed by atoms with E-state index in [0.29, 0.717) is 12.6 Å². The molecule has 5 nitrogen and oxygen atoms in total. The Kier molecular flexibility index (Phi) is 6.45. The summed E-state index contributed by atoms with van der Waals surface area (Å²) in [5.41, 5.74) is 0.964. The number of carbonyl (C=O) groups excluding carboxylic acids is 1. The van der Waals surface area contributed by atoms with Crippen molar-refractivity contribution < 1.29 is 4.79 Å². The molecule has 1 amide bonds. The van der Waals surface area contributed by atoms with Crippen molar-refractivity contribution in [2.24, 2.45) is 0 Å². The van der Waals surface area contributed by atoms with E-state index >= 15 is 0 Å². The fourth-order valence-electron chi connectivity index (χ4n) is 3.90. The van der Waals surface area contributed by atoms with Gasteiger partial charge < -0.3 is 9.80 Å². The van der Waals surface area contributed by atoms with E-state index in [0.717, 1.165) is 31.9 Å². The highest BCUT2D eigenvalue weighted by Crippen LogP contribution is 2.17. The Hall–Kier alpha value is -1.43. The van der Waals surface area contributed by atoms with Gasteiger partial charge in [0.1, 0.15) is 0 Å². The minimum atomic E-state index is 0.173. The molecule has 138 valence electrons. The number of likely N-dealkylation sites (N-methyl/N-ethyl adjacent to an activating group) is 2. The Morgan fingerprint density at radius 1 is 1.04 bits per heavy atom. The second kappa shape index (κ2) is 8.79. The number of piperazine rings is 1. The van der Waals surface area contributed by atoms with Gasteiger partial charge in [0, 0.05) is 51.5 Å². The second-order valence-electron chi connectivity index (χ2n) is 7.50. The zero-order valence-corrected chi connectivity index (χ0v) is 15.7. The van der Waals surface area contributed by atoms with Crippen molar-refractivity contribution in [3.8, 4) is 0 Å². The Morgan fingerprint density at radius 3 is 2.40 bits per heavy atom. The van der Waals surface area contributed by atoms with Gasteiger partial charge in [-0.3, -0.25) is 14.6 Å². The maximum Gasteiger partial charge on any atom is 0.240 e. The van der Waals surface area contributed by atoms with E-state index in [1.54, 1.807) is 4.90 Å². The Morgan fingerprint density at radius 2 is 1.72 bits per heavy atom. The number of nitrogens with zero attached hydrogens (tertiary/aromatic N) is 4. The van der Waals surface area contributed by atoms with Crippen LogP contribution in [-0.2, 0) is 4.79 Å². The standard InChI is InChI=1S/C20H32N4O/c1-21-11-7-6-10-19(21)16-23-12-14-24(15-13-23)17-20(25)22(2)18-8-4-3-5-9-18/h3-5,8-9,19H,6-7,10-17H2,1-2H3/t19-/m0/s1. The summed E-state index contributed by atoms with van der Waals surface area (Å²) in [6, 6.07) is 10.6. The Bertz CT molecular complexity index is 542. The van der Waals surface area contributed by atoms with Gasteiger partial charge in [0.15, 0.2) is 0 Å². The predicted octanol–water partition coefficient (Wildman–Crippen LogP) is 1.75. The molecule has 0 aromatic heterocycles. The highest BCUT2D eigenvalue weighted by molar-refractivity contribution is 5.94. The van der Waals surface area contributed by atoms with Crippen LogP contribution in [0.5, 0.6) is 0 Å². The number of piperidine rings is 1. The molecule has 0 N–H and O–H groups in total. The van der Waals surface area contributed by atoms with Crippen LogP contribution < -0.4 is 4.90 Å². The first-order valence-corrected chi connectivity index (χ1v) is 9.60. The molecule has 2 aliphatic heterocycles. The molecule has 0 unspecified atom stereocenters. The molecule has 0 spiro atoms. The van der Waals surface area contributed by atoms with Crippen LogP contribution in [-0.4, -0.2) is 86.6 Å². The summed E-state index contributed by atoms with van der Waals surface area (Å²) in [6.07, 6.45) is 4.05. The minimum Gasteiger partial charge on any atom is -0.314 e. The maximum atomic E-state index is 12.5. The van der Waals surface area contributed by atoms with Gasteiger partial charge >= 0.3 is 0 Å². The first-order valence-electron chi connectivity index (χ1n) is 9.60. The topological polar surface area (TPSA) is 30.0 Å². The Labute approximate surface area is 152 Å². The largest absolute Gasteiger partial charge is 0.314 e. The molecule has 0 radical (unpaired) electrons. The van der Waals surface area contributed by atoms with Gasteiger partial charge in [0.05, 0.1) is 6.54 Å². The molecule has 2 fully saturated rings. The predicted molar refractivity (Wildman–Crippen MR) is 103 cm³/mol. The lowest BCUT2D eigenvalue weighted by atomic mass is 10.0. The summed E-state index contributed by atoms with van der Waals surface area (Å²) in [6.45, 7) is 7.07. The summed E-state index contributed by atoms with van der Waals surface area (Å²) in [4.78, 5) is 21.7. The van der Waals surface area contributed by atoms with Crippen molar-refractivity contribution in [1.82, 2.24) is 14.7 Å². The van der Waals surface area contributed by atoms with Crippen molar-refractivity contribution in [1.29, 1.82) is 0 Å². The molecule has 2 aliphatic rings. The quantitative estimate of drug-likeness (QED) is 0.814. The Balaban J connectivity index is 1.42. The van der Waals surface area contributed by atoms with Gasteiger partial charge in [-0.1, -0.05) is 24.6 Å². The zero-order valence-electron chi connectivity index (χ0n) is 15.7. The third kappa shape index (κ3) is 5.03. The smallest absolute Gasteiger partial charge is 0.240 e. The van der Waals surface area contributed by atoms with Gasteiger partial charge in [-0.2, -0.15) is 0 Å². The average Bonchev–Trinajstić information content (AvgIpc) is 2.65. The van der Waals surface area contributed by atoms with Crippen molar-refractivity contribution in [3.63, 3.8) is 0 Å². The van der Waals surface area contributed by atoms with Crippen LogP contribution in [0.3, 0.4) is 0 Å². The number of hydrogen-bond donors (Lipinski definition) is 0. The lowest BCUT2D eigenvalue weighted by Gasteiger charge is -2.40. The van der Waals surface area contributed by atoms with Crippen LogP contribution in [0.1, 0.15) is 19.3 Å². The minimum absolute atomic E-state index is 0.173. The fourth-order valence-corrected chi connectivity index (χ4v) is 3.90. The third-order valence-electron chi connectivity index (χ3n) is 5.73. The lowest BCUT2D eigenvalue weighted by molar-refractivity contribution is -0.119. The van der Waals surface area contributed by atoms with E-state index in [1.807, 2.05) is 37.4 Å². The van der Waals surface area contributed by atoms with Gasteiger partial charge in [-0.15, -0.1) is 0 Å². The first kappa shape index (κ1) is 18.4. The van der Waals surface area contributed by atoms with E-state index in [9.17, 15) is 4.79 Å². The summed E-state index contributed by atoms with van der Waals surface area (Å²) in [5, 5.41) is 0. The van der Waals surface area contributed by atoms with Gasteiger partial charge in [0.2, 0.25) is 5.91 Å². The molecule has 5 heteroatoms. The lowest BCUT2D eigenvalue weighted by Crippen LogP contribution is -2.53. The van der Waals surface area contributed by atoms with Crippen molar-refractivity contribution >= 4 is 11.6 Å². The molecular weight excluding hydrogens is 312 g/mol. The van der Waals surface area contributed by atoms with Gasteiger partial charge in [-0.05, 0) is 38.6 Å². The maximum absolute atomic E-state index is 12.5. The third-order valence-corrected chi connectivity index (χ3v) is 5.73.